The van der Waals surface area contributed by atoms with Crippen LogP contribution in [0.4, 0.5) is 11.4 Å². The zero-order valence-corrected chi connectivity index (χ0v) is 15.7. The molecule has 0 aromatic heterocycles. The van der Waals surface area contributed by atoms with E-state index in [1.807, 2.05) is 25.1 Å². The van der Waals surface area contributed by atoms with E-state index >= 15 is 0 Å². The van der Waals surface area contributed by atoms with Crippen LogP contribution < -0.4 is 4.90 Å². The molecule has 0 atom stereocenters. The number of nitro groups is 1. The molecule has 0 aliphatic carbocycles. The number of anilines is 1. The highest BCUT2D eigenvalue weighted by molar-refractivity contribution is 7.89. The molecule has 138 valence electrons. The second-order valence-electron chi connectivity index (χ2n) is 6.05. The third kappa shape index (κ3) is 3.53. The summed E-state index contributed by atoms with van der Waals surface area (Å²) in [7, 11) is -3.92. The van der Waals surface area contributed by atoms with Crippen molar-refractivity contribution >= 4 is 33.0 Å². The van der Waals surface area contributed by atoms with Crippen molar-refractivity contribution in [2.24, 2.45) is 0 Å². The molecule has 1 saturated heterocycles. The molecule has 7 nitrogen and oxygen atoms in total. The van der Waals surface area contributed by atoms with E-state index in [2.05, 4.69) is 4.90 Å². The number of aryl methyl sites for hydroxylation is 1. The average molecular weight is 396 g/mol. The zero-order valence-electron chi connectivity index (χ0n) is 14.1. The van der Waals surface area contributed by atoms with Gasteiger partial charge in [-0.05, 0) is 30.7 Å². The van der Waals surface area contributed by atoms with Gasteiger partial charge in [-0.15, -0.1) is 0 Å². The average Bonchev–Trinajstić information content (AvgIpc) is 2.64. The van der Waals surface area contributed by atoms with Crippen LogP contribution in [-0.4, -0.2) is 43.8 Å². The van der Waals surface area contributed by atoms with Gasteiger partial charge in [0.05, 0.1) is 4.92 Å². The summed E-state index contributed by atoms with van der Waals surface area (Å²) in [4.78, 5) is 12.3. The minimum Gasteiger partial charge on any atom is -0.369 e. The molecular weight excluding hydrogens is 378 g/mol. The number of sulfonamides is 1. The van der Waals surface area contributed by atoms with Crippen LogP contribution in [0.25, 0.3) is 0 Å². The van der Waals surface area contributed by atoms with Gasteiger partial charge in [-0.2, -0.15) is 4.31 Å². The minimum atomic E-state index is -3.92. The standard InChI is InChI=1S/C17H18ClN3O4S/c1-13-6-7-14(18)12-16(13)19-8-10-20(11-9-19)26(24,25)17-5-3-2-4-15(17)21(22)23/h2-7,12H,8-11H2,1H3. The number of rotatable bonds is 4. The Balaban J connectivity index is 1.81. The molecule has 1 aliphatic rings. The van der Waals surface area contributed by atoms with E-state index in [1.165, 1.54) is 28.6 Å². The van der Waals surface area contributed by atoms with Crippen LogP contribution in [0.1, 0.15) is 5.56 Å². The predicted molar refractivity (Wildman–Crippen MR) is 100 cm³/mol. The van der Waals surface area contributed by atoms with E-state index < -0.39 is 20.6 Å². The maximum absolute atomic E-state index is 12.9. The molecule has 26 heavy (non-hydrogen) atoms. The fourth-order valence-electron chi connectivity index (χ4n) is 3.06. The summed E-state index contributed by atoms with van der Waals surface area (Å²) in [5.41, 5.74) is 1.63. The lowest BCUT2D eigenvalue weighted by Crippen LogP contribution is -2.48. The molecular formula is C17H18ClN3O4S. The first-order valence-electron chi connectivity index (χ1n) is 8.05. The van der Waals surface area contributed by atoms with Gasteiger partial charge < -0.3 is 4.90 Å². The molecule has 0 unspecified atom stereocenters. The fourth-order valence-corrected chi connectivity index (χ4v) is 4.80. The van der Waals surface area contributed by atoms with Gasteiger partial charge >= 0.3 is 0 Å². The summed E-state index contributed by atoms with van der Waals surface area (Å²) in [6, 6.07) is 11.0. The molecule has 0 N–H and O–H groups in total. The summed E-state index contributed by atoms with van der Waals surface area (Å²) in [5, 5.41) is 11.8. The highest BCUT2D eigenvalue weighted by Crippen LogP contribution is 2.29. The van der Waals surface area contributed by atoms with E-state index in [0.717, 1.165) is 11.3 Å². The topological polar surface area (TPSA) is 83.8 Å². The van der Waals surface area contributed by atoms with Crippen molar-refractivity contribution in [3.05, 3.63) is 63.2 Å². The van der Waals surface area contributed by atoms with Crippen molar-refractivity contribution in [3.63, 3.8) is 0 Å². The zero-order chi connectivity index (χ0) is 18.9. The Hall–Kier alpha value is -2.16. The molecule has 0 spiro atoms. The molecule has 2 aromatic carbocycles. The van der Waals surface area contributed by atoms with Gasteiger partial charge in [-0.1, -0.05) is 29.8 Å². The van der Waals surface area contributed by atoms with E-state index in [9.17, 15) is 18.5 Å². The molecule has 1 aliphatic heterocycles. The van der Waals surface area contributed by atoms with E-state index in [4.69, 9.17) is 11.6 Å². The second-order valence-corrected chi connectivity index (χ2v) is 8.39. The van der Waals surface area contributed by atoms with Crippen molar-refractivity contribution < 1.29 is 13.3 Å². The van der Waals surface area contributed by atoms with Crippen molar-refractivity contribution in [1.29, 1.82) is 0 Å². The van der Waals surface area contributed by atoms with Gasteiger partial charge in [-0.3, -0.25) is 10.1 Å². The smallest absolute Gasteiger partial charge is 0.289 e. The molecule has 0 amide bonds. The third-order valence-corrected chi connectivity index (χ3v) is 6.61. The van der Waals surface area contributed by atoms with Crippen LogP contribution in [0.5, 0.6) is 0 Å². The van der Waals surface area contributed by atoms with Crippen LogP contribution in [0.3, 0.4) is 0 Å². The Morgan fingerprint density at radius 3 is 2.38 bits per heavy atom. The Bertz CT molecular complexity index is 941. The van der Waals surface area contributed by atoms with Gasteiger partial charge in [0.1, 0.15) is 0 Å². The number of nitro benzene ring substituents is 1. The fraction of sp³-hybridized carbons (Fsp3) is 0.294. The van der Waals surface area contributed by atoms with Gasteiger partial charge in [0, 0.05) is 43.0 Å². The molecule has 9 heteroatoms. The SMILES string of the molecule is Cc1ccc(Cl)cc1N1CCN(S(=O)(=O)c2ccccc2[N+](=O)[O-])CC1. The highest BCUT2D eigenvalue weighted by Gasteiger charge is 2.33. The number of hydrogen-bond acceptors (Lipinski definition) is 5. The number of para-hydroxylation sites is 1. The minimum absolute atomic E-state index is 0.250. The molecule has 0 radical (unpaired) electrons. The molecule has 2 aromatic rings. The first kappa shape index (κ1) is 18.6. The number of benzene rings is 2. The van der Waals surface area contributed by atoms with Gasteiger partial charge in [0.15, 0.2) is 4.90 Å². The number of hydrogen-bond donors (Lipinski definition) is 0. The largest absolute Gasteiger partial charge is 0.369 e. The normalized spacial score (nSPS) is 15.8. The lowest BCUT2D eigenvalue weighted by atomic mass is 10.1. The van der Waals surface area contributed by atoms with Crippen LogP contribution in [0.15, 0.2) is 47.4 Å². The van der Waals surface area contributed by atoms with Crippen LogP contribution in [-0.2, 0) is 10.0 Å². The van der Waals surface area contributed by atoms with Crippen LogP contribution >= 0.6 is 11.6 Å². The Labute approximate surface area is 157 Å². The number of piperazine rings is 1. The Morgan fingerprint density at radius 1 is 1.08 bits per heavy atom. The summed E-state index contributed by atoms with van der Waals surface area (Å²) in [6.07, 6.45) is 0. The highest BCUT2D eigenvalue weighted by atomic mass is 35.5. The van der Waals surface area contributed by atoms with Crippen LogP contribution in [0, 0.1) is 17.0 Å². The summed E-state index contributed by atoms with van der Waals surface area (Å²) in [5.74, 6) is 0. The van der Waals surface area contributed by atoms with Crippen molar-refractivity contribution in [3.8, 4) is 0 Å². The quantitative estimate of drug-likeness (QED) is 0.586. The maximum Gasteiger partial charge on any atom is 0.289 e. The summed E-state index contributed by atoms with van der Waals surface area (Å²) < 4.78 is 27.0. The van der Waals surface area contributed by atoms with Gasteiger partial charge in [0.2, 0.25) is 10.0 Å². The molecule has 3 rings (SSSR count). The number of halogens is 1. The lowest BCUT2D eigenvalue weighted by molar-refractivity contribution is -0.387. The third-order valence-electron chi connectivity index (χ3n) is 4.43. The number of nitrogens with zero attached hydrogens (tertiary/aromatic N) is 3. The molecule has 1 fully saturated rings. The summed E-state index contributed by atoms with van der Waals surface area (Å²) >= 11 is 6.07. The second kappa shape index (κ2) is 7.22. The monoisotopic (exact) mass is 395 g/mol. The van der Waals surface area contributed by atoms with Gasteiger partial charge in [0.25, 0.3) is 5.69 Å². The Morgan fingerprint density at radius 2 is 1.73 bits per heavy atom. The lowest BCUT2D eigenvalue weighted by Gasteiger charge is -2.36. The van der Waals surface area contributed by atoms with Crippen molar-refractivity contribution in [1.82, 2.24) is 4.31 Å². The van der Waals surface area contributed by atoms with Gasteiger partial charge in [-0.25, -0.2) is 8.42 Å². The molecule has 0 bridgehead atoms. The van der Waals surface area contributed by atoms with Crippen LogP contribution in [0.2, 0.25) is 5.02 Å². The van der Waals surface area contributed by atoms with Crippen molar-refractivity contribution in [2.45, 2.75) is 11.8 Å². The van der Waals surface area contributed by atoms with Crippen molar-refractivity contribution in [2.75, 3.05) is 31.1 Å². The molecule has 1 heterocycles. The Kier molecular flexibility index (Phi) is 5.17. The predicted octanol–water partition coefficient (Wildman–Crippen LogP) is 3.07. The van der Waals surface area contributed by atoms with E-state index in [-0.39, 0.29) is 18.0 Å². The summed E-state index contributed by atoms with van der Waals surface area (Å²) in [6.45, 7) is 3.45. The molecule has 0 saturated carbocycles. The van der Waals surface area contributed by atoms with E-state index in [1.54, 1.807) is 0 Å². The maximum atomic E-state index is 12.9. The first-order chi connectivity index (χ1) is 12.3. The van der Waals surface area contributed by atoms with E-state index in [0.29, 0.717) is 18.1 Å². The first-order valence-corrected chi connectivity index (χ1v) is 9.87.